The van der Waals surface area contributed by atoms with Crippen molar-refractivity contribution in [1.82, 2.24) is 0 Å². The molecule has 0 N–H and O–H groups in total. The summed E-state index contributed by atoms with van der Waals surface area (Å²) in [6.45, 7) is 9.05. The second kappa shape index (κ2) is 4.62. The molecule has 0 aromatic heterocycles. The zero-order valence-corrected chi connectivity index (χ0v) is 11.2. The summed E-state index contributed by atoms with van der Waals surface area (Å²) in [5, 5.41) is 1.51. The highest BCUT2D eigenvalue weighted by Crippen LogP contribution is 2.08. The van der Waals surface area contributed by atoms with E-state index in [4.69, 9.17) is 4.43 Å². The monoisotopic (exact) mass is 210 g/mol. The van der Waals surface area contributed by atoms with Gasteiger partial charge in [-0.15, -0.1) is 0 Å². The molecule has 0 heterocycles. The number of rotatable bonds is 3. The van der Waals surface area contributed by atoms with E-state index >= 15 is 0 Å². The molecule has 72 valence electrons. The average Bonchev–Trinajstić information content (AvgIpc) is 2.04. The maximum Gasteiger partial charge on any atom is 0.229 e. The predicted molar refractivity (Wildman–Crippen MR) is 64.5 cm³/mol. The predicted octanol–water partition coefficient (Wildman–Crippen LogP) is 1.74. The fourth-order valence-electron chi connectivity index (χ4n) is 1.20. The molecular weight excluding hydrogens is 192 g/mol. The van der Waals surface area contributed by atoms with Gasteiger partial charge < -0.3 is 4.43 Å². The minimum absolute atomic E-state index is 0.629. The molecular formula is C10H18OSi2. The van der Waals surface area contributed by atoms with Gasteiger partial charge in [0.1, 0.15) is 5.75 Å². The first kappa shape index (κ1) is 10.5. The van der Waals surface area contributed by atoms with Crippen LogP contribution in [0.2, 0.25) is 26.2 Å². The Hall–Kier alpha value is -0.546. The van der Waals surface area contributed by atoms with Crippen molar-refractivity contribution in [3.8, 4) is 5.75 Å². The number of hydrogen-bond acceptors (Lipinski definition) is 1. The first-order valence-corrected chi connectivity index (χ1v) is 10.5. The van der Waals surface area contributed by atoms with E-state index < -0.39 is 17.8 Å². The molecule has 0 spiro atoms. The third-order valence-corrected chi connectivity index (χ3v) is 4.38. The molecule has 0 unspecified atom stereocenters. The quantitative estimate of drug-likeness (QED) is 0.691. The van der Waals surface area contributed by atoms with E-state index in [-0.39, 0.29) is 0 Å². The van der Waals surface area contributed by atoms with E-state index in [1.807, 2.05) is 0 Å². The van der Waals surface area contributed by atoms with Gasteiger partial charge >= 0.3 is 0 Å². The molecule has 0 atom stereocenters. The summed E-state index contributed by atoms with van der Waals surface area (Å²) in [6, 6.07) is 8.64. The fourth-order valence-corrected chi connectivity index (χ4v) is 2.87. The highest BCUT2D eigenvalue weighted by atomic mass is 28.3. The Morgan fingerprint density at radius 1 is 0.923 bits per heavy atom. The molecule has 3 heteroatoms. The molecule has 1 aromatic carbocycles. The molecule has 0 saturated carbocycles. The topological polar surface area (TPSA) is 9.23 Å². The van der Waals surface area contributed by atoms with Crippen LogP contribution in [-0.4, -0.2) is 17.8 Å². The van der Waals surface area contributed by atoms with E-state index in [0.717, 1.165) is 5.75 Å². The SMILES string of the molecule is C[SiH](C)Oc1ccc([SiH](C)C)cc1. The van der Waals surface area contributed by atoms with Crippen molar-refractivity contribution in [1.29, 1.82) is 0 Å². The van der Waals surface area contributed by atoms with Crippen molar-refractivity contribution in [2.75, 3.05) is 0 Å². The third-order valence-electron chi connectivity index (χ3n) is 1.92. The van der Waals surface area contributed by atoms with Gasteiger partial charge in [-0.2, -0.15) is 0 Å². The van der Waals surface area contributed by atoms with Gasteiger partial charge in [0.25, 0.3) is 0 Å². The molecule has 0 saturated heterocycles. The first-order valence-electron chi connectivity index (χ1n) is 4.86. The van der Waals surface area contributed by atoms with E-state index in [0.29, 0.717) is 0 Å². The summed E-state index contributed by atoms with van der Waals surface area (Å²) in [7, 11) is -1.56. The molecule has 0 bridgehead atoms. The van der Waals surface area contributed by atoms with Crippen molar-refractivity contribution in [2.24, 2.45) is 0 Å². The van der Waals surface area contributed by atoms with Gasteiger partial charge in [-0.3, -0.25) is 0 Å². The van der Waals surface area contributed by atoms with Crippen LogP contribution in [0.25, 0.3) is 0 Å². The van der Waals surface area contributed by atoms with E-state index in [1.165, 1.54) is 5.19 Å². The molecule has 0 amide bonds. The van der Waals surface area contributed by atoms with E-state index in [2.05, 4.69) is 50.5 Å². The average molecular weight is 210 g/mol. The van der Waals surface area contributed by atoms with Gasteiger partial charge in [-0.05, 0) is 25.2 Å². The summed E-state index contributed by atoms with van der Waals surface area (Å²) in [5.41, 5.74) is 0. The lowest BCUT2D eigenvalue weighted by Crippen LogP contribution is -2.22. The molecule has 0 aliphatic rings. The van der Waals surface area contributed by atoms with Crippen LogP contribution in [0.4, 0.5) is 0 Å². The minimum atomic E-state index is -0.926. The fraction of sp³-hybridized carbons (Fsp3) is 0.400. The Kier molecular flexibility index (Phi) is 3.75. The van der Waals surface area contributed by atoms with Crippen molar-refractivity contribution in [2.45, 2.75) is 26.2 Å². The van der Waals surface area contributed by atoms with Crippen LogP contribution in [0.15, 0.2) is 24.3 Å². The molecule has 1 aromatic rings. The lowest BCUT2D eigenvalue weighted by atomic mass is 10.3. The van der Waals surface area contributed by atoms with Crippen molar-refractivity contribution in [3.63, 3.8) is 0 Å². The van der Waals surface area contributed by atoms with Crippen LogP contribution in [0, 0.1) is 0 Å². The normalized spacial score (nSPS) is 10.9. The van der Waals surface area contributed by atoms with Crippen molar-refractivity contribution in [3.05, 3.63) is 24.3 Å². The van der Waals surface area contributed by atoms with Crippen LogP contribution in [0.1, 0.15) is 0 Å². The standard InChI is InChI=1S/C10H18OSi2/c1-12(2)10-7-5-9(6-8-10)11-13(3)4/h5-8,12-13H,1-4H3. The lowest BCUT2D eigenvalue weighted by Gasteiger charge is -2.10. The Bertz CT molecular complexity index is 254. The maximum atomic E-state index is 5.70. The Morgan fingerprint density at radius 2 is 1.46 bits per heavy atom. The number of benzene rings is 1. The summed E-state index contributed by atoms with van der Waals surface area (Å²) >= 11 is 0. The van der Waals surface area contributed by atoms with Gasteiger partial charge in [0.15, 0.2) is 0 Å². The Labute approximate surface area is 84.1 Å². The molecule has 1 nitrogen and oxygen atoms in total. The van der Waals surface area contributed by atoms with Gasteiger partial charge in [-0.25, -0.2) is 0 Å². The highest BCUT2D eigenvalue weighted by Gasteiger charge is 2.01. The summed E-state index contributed by atoms with van der Waals surface area (Å²) < 4.78 is 5.70. The summed E-state index contributed by atoms with van der Waals surface area (Å²) in [5.74, 6) is 1.04. The molecule has 13 heavy (non-hydrogen) atoms. The smallest absolute Gasteiger partial charge is 0.229 e. The van der Waals surface area contributed by atoms with Gasteiger partial charge in [-0.1, -0.05) is 30.4 Å². The zero-order chi connectivity index (χ0) is 9.84. The van der Waals surface area contributed by atoms with Crippen LogP contribution in [0.3, 0.4) is 0 Å². The third kappa shape index (κ3) is 3.36. The zero-order valence-electron chi connectivity index (χ0n) is 8.87. The maximum absolute atomic E-state index is 5.70. The van der Waals surface area contributed by atoms with E-state index in [1.54, 1.807) is 0 Å². The first-order chi connectivity index (χ1) is 6.09. The van der Waals surface area contributed by atoms with Crippen LogP contribution < -0.4 is 9.61 Å². The summed E-state index contributed by atoms with van der Waals surface area (Å²) in [6.07, 6.45) is 0. The lowest BCUT2D eigenvalue weighted by molar-refractivity contribution is 0.581. The molecule has 0 fully saturated rings. The van der Waals surface area contributed by atoms with Crippen LogP contribution in [0.5, 0.6) is 5.75 Å². The van der Waals surface area contributed by atoms with Gasteiger partial charge in [0.2, 0.25) is 9.04 Å². The molecule has 0 aliphatic heterocycles. The largest absolute Gasteiger partial charge is 0.547 e. The van der Waals surface area contributed by atoms with Crippen LogP contribution >= 0.6 is 0 Å². The Morgan fingerprint density at radius 3 is 1.85 bits per heavy atom. The van der Waals surface area contributed by atoms with E-state index in [9.17, 15) is 0 Å². The van der Waals surface area contributed by atoms with Crippen molar-refractivity contribution >= 4 is 23.0 Å². The van der Waals surface area contributed by atoms with Crippen LogP contribution in [-0.2, 0) is 0 Å². The molecule has 0 radical (unpaired) electrons. The summed E-state index contributed by atoms with van der Waals surface area (Å²) in [4.78, 5) is 0. The minimum Gasteiger partial charge on any atom is -0.547 e. The Balaban J connectivity index is 2.70. The van der Waals surface area contributed by atoms with Gasteiger partial charge in [0.05, 0.1) is 8.80 Å². The highest BCUT2D eigenvalue weighted by molar-refractivity contribution is 6.70. The van der Waals surface area contributed by atoms with Crippen molar-refractivity contribution < 1.29 is 4.43 Å². The second-order valence-electron chi connectivity index (χ2n) is 3.89. The van der Waals surface area contributed by atoms with Gasteiger partial charge in [0, 0.05) is 0 Å². The molecule has 1 rings (SSSR count). The second-order valence-corrected chi connectivity index (χ2v) is 9.20. The number of hydrogen-bond donors (Lipinski definition) is 0. The molecule has 0 aliphatic carbocycles.